The number of halogens is 2. The highest BCUT2D eigenvalue weighted by Crippen LogP contribution is 2.26. The minimum absolute atomic E-state index is 0.601. The van der Waals surface area contributed by atoms with Gasteiger partial charge in [-0.1, -0.05) is 28.4 Å². The molecule has 0 aliphatic heterocycles. The van der Waals surface area contributed by atoms with Crippen LogP contribution in [-0.4, -0.2) is 5.16 Å². The van der Waals surface area contributed by atoms with Crippen molar-refractivity contribution in [1.82, 2.24) is 5.16 Å². The molecule has 0 saturated heterocycles. The summed E-state index contributed by atoms with van der Waals surface area (Å²) in [6.07, 6.45) is 0. The number of aryl methyl sites for hydroxylation is 2. The first-order chi connectivity index (χ1) is 8.08. The Kier molecular flexibility index (Phi) is 3.60. The highest BCUT2D eigenvalue weighted by molar-refractivity contribution is 6.36. The first-order valence-corrected chi connectivity index (χ1v) is 5.94. The topological polar surface area (TPSA) is 38.1 Å². The number of nitrogens with one attached hydrogen (secondary N) is 1. The lowest BCUT2D eigenvalue weighted by molar-refractivity contribution is 0.392. The van der Waals surface area contributed by atoms with Gasteiger partial charge in [-0.25, -0.2) is 0 Å². The second kappa shape index (κ2) is 4.98. The van der Waals surface area contributed by atoms with Gasteiger partial charge in [0.2, 0.25) is 0 Å². The third kappa shape index (κ3) is 2.73. The molecule has 1 aromatic carbocycles. The molecule has 0 amide bonds. The number of aromatic nitrogens is 1. The number of benzene rings is 1. The predicted octanol–water partition coefficient (Wildman–Crippen LogP) is 4.21. The highest BCUT2D eigenvalue weighted by atomic mass is 35.5. The van der Waals surface area contributed by atoms with E-state index in [2.05, 4.69) is 10.5 Å². The molecule has 0 aliphatic carbocycles. The van der Waals surface area contributed by atoms with Gasteiger partial charge in [-0.3, -0.25) is 0 Å². The summed E-state index contributed by atoms with van der Waals surface area (Å²) in [5, 5.41) is 8.35. The van der Waals surface area contributed by atoms with Crippen molar-refractivity contribution in [3.05, 3.63) is 45.3 Å². The second-order valence-corrected chi connectivity index (χ2v) is 4.62. The first-order valence-electron chi connectivity index (χ1n) is 5.18. The van der Waals surface area contributed by atoms with Gasteiger partial charge in [-0.15, -0.1) is 0 Å². The van der Waals surface area contributed by atoms with Gasteiger partial charge in [0.05, 0.1) is 16.4 Å². The molecule has 17 heavy (non-hydrogen) atoms. The molecular formula is C12H12Cl2N2O. The monoisotopic (exact) mass is 270 g/mol. The summed E-state index contributed by atoms with van der Waals surface area (Å²) in [6.45, 7) is 4.43. The first kappa shape index (κ1) is 12.3. The molecule has 0 fully saturated rings. The molecule has 90 valence electrons. The van der Waals surface area contributed by atoms with E-state index in [1.807, 2.05) is 19.9 Å². The van der Waals surface area contributed by atoms with Gasteiger partial charge in [0.1, 0.15) is 5.76 Å². The Morgan fingerprint density at radius 3 is 2.65 bits per heavy atom. The van der Waals surface area contributed by atoms with Gasteiger partial charge in [0, 0.05) is 17.1 Å². The minimum atomic E-state index is 0.601. The summed E-state index contributed by atoms with van der Waals surface area (Å²) < 4.78 is 5.09. The zero-order valence-electron chi connectivity index (χ0n) is 9.55. The van der Waals surface area contributed by atoms with Crippen LogP contribution in [0.1, 0.15) is 17.0 Å². The molecule has 0 spiro atoms. The van der Waals surface area contributed by atoms with Gasteiger partial charge in [-0.2, -0.15) is 0 Å². The molecule has 2 aromatic rings. The lowest BCUT2D eigenvalue weighted by Gasteiger charge is -2.08. The van der Waals surface area contributed by atoms with Crippen LogP contribution >= 0.6 is 23.2 Å². The molecule has 1 heterocycles. The van der Waals surface area contributed by atoms with E-state index in [4.69, 9.17) is 27.7 Å². The van der Waals surface area contributed by atoms with E-state index in [1.54, 1.807) is 12.1 Å². The van der Waals surface area contributed by atoms with E-state index in [1.165, 1.54) is 0 Å². The predicted molar refractivity (Wildman–Crippen MR) is 69.8 cm³/mol. The van der Waals surface area contributed by atoms with Crippen LogP contribution in [0.15, 0.2) is 22.7 Å². The standard InChI is InChI=1S/C12H12Cl2N2O/c1-7-10(8(2)17-16-7)6-15-12-4-3-9(13)5-11(12)14/h3-5,15H,6H2,1-2H3. The fourth-order valence-electron chi connectivity index (χ4n) is 1.57. The zero-order chi connectivity index (χ0) is 12.4. The summed E-state index contributed by atoms with van der Waals surface area (Å²) >= 11 is 11.9. The normalized spacial score (nSPS) is 10.6. The van der Waals surface area contributed by atoms with Crippen LogP contribution in [0.5, 0.6) is 0 Å². The van der Waals surface area contributed by atoms with Gasteiger partial charge in [0.25, 0.3) is 0 Å². The molecular weight excluding hydrogens is 259 g/mol. The maximum atomic E-state index is 6.06. The summed E-state index contributed by atoms with van der Waals surface area (Å²) in [6, 6.07) is 5.35. The van der Waals surface area contributed by atoms with Crippen molar-refractivity contribution in [3.63, 3.8) is 0 Å². The Morgan fingerprint density at radius 1 is 1.29 bits per heavy atom. The van der Waals surface area contributed by atoms with Crippen LogP contribution in [0.25, 0.3) is 0 Å². The Bertz CT molecular complexity index is 518. The molecule has 1 N–H and O–H groups in total. The van der Waals surface area contributed by atoms with Gasteiger partial charge in [0.15, 0.2) is 0 Å². The maximum Gasteiger partial charge on any atom is 0.138 e. The molecule has 0 bridgehead atoms. The lowest BCUT2D eigenvalue weighted by Crippen LogP contribution is -2.01. The van der Waals surface area contributed by atoms with Crippen LogP contribution in [0.2, 0.25) is 10.0 Å². The van der Waals surface area contributed by atoms with Crippen molar-refractivity contribution >= 4 is 28.9 Å². The molecule has 2 rings (SSSR count). The molecule has 5 heteroatoms. The molecule has 0 atom stereocenters. The van der Waals surface area contributed by atoms with E-state index < -0.39 is 0 Å². The fourth-order valence-corrected chi connectivity index (χ4v) is 2.05. The van der Waals surface area contributed by atoms with Crippen molar-refractivity contribution in [2.45, 2.75) is 20.4 Å². The second-order valence-electron chi connectivity index (χ2n) is 3.78. The summed E-state index contributed by atoms with van der Waals surface area (Å²) in [7, 11) is 0. The molecule has 0 radical (unpaired) electrons. The number of nitrogens with zero attached hydrogens (tertiary/aromatic N) is 1. The van der Waals surface area contributed by atoms with E-state index in [0.29, 0.717) is 16.6 Å². The van der Waals surface area contributed by atoms with Crippen molar-refractivity contribution in [2.24, 2.45) is 0 Å². The van der Waals surface area contributed by atoms with E-state index in [0.717, 1.165) is 22.7 Å². The van der Waals surface area contributed by atoms with Gasteiger partial charge >= 0.3 is 0 Å². The molecule has 0 aliphatic rings. The van der Waals surface area contributed by atoms with Crippen molar-refractivity contribution in [3.8, 4) is 0 Å². The summed E-state index contributed by atoms with van der Waals surface area (Å²) in [5.74, 6) is 0.820. The fraction of sp³-hybridized carbons (Fsp3) is 0.250. The van der Waals surface area contributed by atoms with Crippen molar-refractivity contribution < 1.29 is 4.52 Å². The van der Waals surface area contributed by atoms with Gasteiger partial charge < -0.3 is 9.84 Å². The zero-order valence-corrected chi connectivity index (χ0v) is 11.1. The molecule has 0 unspecified atom stereocenters. The Labute approximate surface area is 110 Å². The average Bonchev–Trinajstić information content (AvgIpc) is 2.58. The Morgan fingerprint density at radius 2 is 2.06 bits per heavy atom. The third-order valence-corrected chi connectivity index (χ3v) is 3.12. The maximum absolute atomic E-state index is 6.06. The van der Waals surface area contributed by atoms with Crippen LogP contribution in [0.4, 0.5) is 5.69 Å². The third-order valence-electron chi connectivity index (χ3n) is 2.57. The highest BCUT2D eigenvalue weighted by Gasteiger charge is 2.09. The van der Waals surface area contributed by atoms with Crippen LogP contribution in [0, 0.1) is 13.8 Å². The van der Waals surface area contributed by atoms with E-state index in [-0.39, 0.29) is 0 Å². The number of hydrogen-bond donors (Lipinski definition) is 1. The summed E-state index contributed by atoms with van der Waals surface area (Å²) in [4.78, 5) is 0. The lowest BCUT2D eigenvalue weighted by atomic mass is 10.2. The van der Waals surface area contributed by atoms with Gasteiger partial charge in [-0.05, 0) is 32.0 Å². The Hall–Kier alpha value is -1.19. The smallest absolute Gasteiger partial charge is 0.138 e. The molecule has 0 saturated carbocycles. The Balaban J connectivity index is 2.13. The summed E-state index contributed by atoms with van der Waals surface area (Å²) in [5.41, 5.74) is 2.78. The van der Waals surface area contributed by atoms with Crippen LogP contribution in [0.3, 0.4) is 0 Å². The number of hydrogen-bond acceptors (Lipinski definition) is 3. The molecule has 3 nitrogen and oxygen atoms in total. The average molecular weight is 271 g/mol. The number of anilines is 1. The van der Waals surface area contributed by atoms with Crippen LogP contribution < -0.4 is 5.32 Å². The van der Waals surface area contributed by atoms with E-state index in [9.17, 15) is 0 Å². The largest absolute Gasteiger partial charge is 0.380 e. The van der Waals surface area contributed by atoms with E-state index >= 15 is 0 Å². The minimum Gasteiger partial charge on any atom is -0.380 e. The molecule has 1 aromatic heterocycles. The number of rotatable bonds is 3. The van der Waals surface area contributed by atoms with Crippen LogP contribution in [-0.2, 0) is 6.54 Å². The van der Waals surface area contributed by atoms with Crippen molar-refractivity contribution in [2.75, 3.05) is 5.32 Å². The quantitative estimate of drug-likeness (QED) is 0.908. The van der Waals surface area contributed by atoms with Crippen molar-refractivity contribution in [1.29, 1.82) is 0 Å². The SMILES string of the molecule is Cc1noc(C)c1CNc1ccc(Cl)cc1Cl.